The number of pyridine rings is 2. The van der Waals surface area contributed by atoms with Crippen LogP contribution >= 0.6 is 11.3 Å². The molecular weight excluding hydrogens is 562 g/mol. The Morgan fingerprint density at radius 3 is 1.92 bits per heavy atom. The summed E-state index contributed by atoms with van der Waals surface area (Å²) in [4.78, 5) is 53.2. The number of hydrogen-bond donors (Lipinski definition) is 4. The van der Waals surface area contributed by atoms with E-state index >= 15 is 0 Å². The zero-order valence-corrected chi connectivity index (χ0v) is 19.7. The van der Waals surface area contributed by atoms with Crippen LogP contribution in [-0.2, 0) is 9.59 Å². The van der Waals surface area contributed by atoms with Gasteiger partial charge in [0.05, 0.1) is 10.2 Å². The molecule has 0 radical (unpaired) electrons. The Hall–Kier alpha value is -4.80. The fraction of sp³-hybridized carbons (Fsp3) is 0.0909. The molecule has 0 aliphatic rings. The molecule has 4 N–H and O–H groups in total. The summed E-state index contributed by atoms with van der Waals surface area (Å²) in [5.74, 6) is -5.92. The SMILES string of the molecule is O=C(Nc1cc(-c2ccncc2)c[nH]c1=O)c1nc2ccccc2s1.O=C(O)C(F)(F)F.O=C(O)C(F)(F)F. The zero-order valence-electron chi connectivity index (χ0n) is 18.9. The number of H-pyrrole nitrogens is 1. The molecular formula is C22H14F6N4O6S. The number of alkyl halides is 6. The van der Waals surface area contributed by atoms with Crippen LogP contribution in [0.25, 0.3) is 21.3 Å². The van der Waals surface area contributed by atoms with Crippen molar-refractivity contribution in [3.63, 3.8) is 0 Å². The monoisotopic (exact) mass is 576 g/mol. The van der Waals surface area contributed by atoms with Crippen LogP contribution in [0.1, 0.15) is 9.80 Å². The van der Waals surface area contributed by atoms with Crippen molar-refractivity contribution in [2.75, 3.05) is 5.32 Å². The number of para-hydroxylation sites is 1. The lowest BCUT2D eigenvalue weighted by Gasteiger charge is -2.05. The molecule has 0 unspecified atom stereocenters. The number of fused-ring (bicyclic) bond motifs is 1. The molecule has 206 valence electrons. The fourth-order valence-electron chi connectivity index (χ4n) is 2.43. The van der Waals surface area contributed by atoms with E-state index in [1.54, 1.807) is 24.7 Å². The number of rotatable bonds is 3. The Labute approximate surface area is 216 Å². The highest BCUT2D eigenvalue weighted by Crippen LogP contribution is 2.23. The van der Waals surface area contributed by atoms with Crippen molar-refractivity contribution in [1.29, 1.82) is 0 Å². The summed E-state index contributed by atoms with van der Waals surface area (Å²) >= 11 is 1.29. The Kier molecular flexibility index (Phi) is 9.86. The number of anilines is 1. The van der Waals surface area contributed by atoms with Gasteiger partial charge < -0.3 is 20.5 Å². The summed E-state index contributed by atoms with van der Waals surface area (Å²) in [6.07, 6.45) is -5.23. The van der Waals surface area contributed by atoms with Gasteiger partial charge in [-0.2, -0.15) is 26.3 Å². The van der Waals surface area contributed by atoms with E-state index in [-0.39, 0.29) is 11.2 Å². The van der Waals surface area contributed by atoms with E-state index < -0.39 is 30.2 Å². The van der Waals surface area contributed by atoms with Gasteiger partial charge >= 0.3 is 24.3 Å². The van der Waals surface area contributed by atoms with Crippen LogP contribution in [0.2, 0.25) is 0 Å². The van der Waals surface area contributed by atoms with Gasteiger partial charge in [-0.05, 0) is 35.9 Å². The first kappa shape index (κ1) is 30.4. The first-order valence-electron chi connectivity index (χ1n) is 10.00. The summed E-state index contributed by atoms with van der Waals surface area (Å²) in [6, 6.07) is 12.8. The fourth-order valence-corrected chi connectivity index (χ4v) is 3.29. The van der Waals surface area contributed by atoms with Gasteiger partial charge in [0.1, 0.15) is 5.69 Å². The minimum absolute atomic E-state index is 0.179. The molecule has 0 fully saturated rings. The van der Waals surface area contributed by atoms with E-state index in [9.17, 15) is 35.9 Å². The standard InChI is InChI=1S/C18H12N4O2S.2C2HF3O2/c23-16-14(9-12(10-20-16)11-5-7-19-8-6-11)21-17(24)18-22-13-3-1-2-4-15(13)25-18;2*3-2(4,5)1(6)7/h1-10H,(H,20,23)(H,21,24);2*(H,6,7). The van der Waals surface area contributed by atoms with E-state index in [1.165, 1.54) is 11.3 Å². The molecule has 3 aromatic heterocycles. The molecule has 0 atom stereocenters. The van der Waals surface area contributed by atoms with Crippen LogP contribution in [0.4, 0.5) is 32.0 Å². The molecule has 0 spiro atoms. The Morgan fingerprint density at radius 1 is 0.872 bits per heavy atom. The Morgan fingerprint density at radius 2 is 1.41 bits per heavy atom. The lowest BCUT2D eigenvalue weighted by molar-refractivity contribution is -0.193. The number of carbonyl (C=O) groups excluding carboxylic acids is 1. The van der Waals surface area contributed by atoms with Crippen molar-refractivity contribution in [2.24, 2.45) is 0 Å². The number of carbonyl (C=O) groups is 3. The highest BCUT2D eigenvalue weighted by atomic mass is 32.1. The topological polar surface area (TPSA) is 162 Å². The number of benzene rings is 1. The first-order chi connectivity index (χ1) is 18.1. The Balaban J connectivity index is 0.000000317. The second-order valence-electron chi connectivity index (χ2n) is 6.91. The normalized spacial score (nSPS) is 10.9. The molecule has 1 amide bonds. The maximum atomic E-state index is 12.5. The van der Waals surface area contributed by atoms with Crippen LogP contribution < -0.4 is 10.9 Å². The van der Waals surface area contributed by atoms with Crippen LogP contribution in [0, 0.1) is 0 Å². The molecule has 10 nitrogen and oxygen atoms in total. The number of aromatic nitrogens is 3. The van der Waals surface area contributed by atoms with Crippen molar-refractivity contribution < 1.29 is 50.9 Å². The quantitative estimate of drug-likeness (QED) is 0.258. The van der Waals surface area contributed by atoms with Gasteiger partial charge in [-0.1, -0.05) is 12.1 Å². The van der Waals surface area contributed by atoms with Gasteiger partial charge in [-0.3, -0.25) is 14.6 Å². The molecule has 0 aliphatic heterocycles. The number of aromatic amines is 1. The van der Waals surface area contributed by atoms with Crippen LogP contribution in [-0.4, -0.2) is 55.4 Å². The van der Waals surface area contributed by atoms with Crippen molar-refractivity contribution in [3.05, 3.63) is 76.4 Å². The van der Waals surface area contributed by atoms with E-state index in [2.05, 4.69) is 20.3 Å². The van der Waals surface area contributed by atoms with Gasteiger partial charge in [0.25, 0.3) is 11.5 Å². The molecule has 0 saturated heterocycles. The van der Waals surface area contributed by atoms with E-state index in [0.29, 0.717) is 5.01 Å². The largest absolute Gasteiger partial charge is 0.490 e. The third-order valence-electron chi connectivity index (χ3n) is 4.14. The molecule has 4 rings (SSSR count). The van der Waals surface area contributed by atoms with E-state index in [0.717, 1.165) is 21.3 Å². The summed E-state index contributed by atoms with van der Waals surface area (Å²) in [6.45, 7) is 0. The van der Waals surface area contributed by atoms with Crippen molar-refractivity contribution in [2.45, 2.75) is 12.4 Å². The maximum absolute atomic E-state index is 12.5. The van der Waals surface area contributed by atoms with Crippen LogP contribution in [0.15, 0.2) is 65.8 Å². The average molecular weight is 576 g/mol. The smallest absolute Gasteiger partial charge is 0.475 e. The predicted molar refractivity (Wildman–Crippen MR) is 125 cm³/mol. The summed E-state index contributed by atoms with van der Waals surface area (Å²) < 4.78 is 64.4. The minimum Gasteiger partial charge on any atom is -0.475 e. The van der Waals surface area contributed by atoms with E-state index in [1.807, 2.05) is 36.4 Å². The summed E-state index contributed by atoms with van der Waals surface area (Å²) in [5, 5.41) is 17.2. The molecule has 17 heteroatoms. The van der Waals surface area contributed by atoms with E-state index in [4.69, 9.17) is 19.8 Å². The number of carboxylic acids is 2. The van der Waals surface area contributed by atoms with Crippen LogP contribution in [0.5, 0.6) is 0 Å². The lowest BCUT2D eigenvalue weighted by Crippen LogP contribution is -2.21. The number of hydrogen-bond acceptors (Lipinski definition) is 7. The third kappa shape index (κ3) is 9.22. The minimum atomic E-state index is -5.08. The van der Waals surface area contributed by atoms with Gasteiger partial charge in [-0.25, -0.2) is 14.6 Å². The number of nitrogens with one attached hydrogen (secondary N) is 2. The zero-order chi connectivity index (χ0) is 29.4. The van der Waals surface area contributed by atoms with Gasteiger partial charge in [0.2, 0.25) is 0 Å². The third-order valence-corrected chi connectivity index (χ3v) is 5.17. The number of aliphatic carboxylic acids is 2. The molecule has 3 heterocycles. The van der Waals surface area contributed by atoms with Gasteiger partial charge in [-0.15, -0.1) is 11.3 Å². The molecule has 0 saturated carbocycles. The number of thiazole rings is 1. The second-order valence-corrected chi connectivity index (χ2v) is 7.94. The first-order valence-corrected chi connectivity index (χ1v) is 10.8. The number of nitrogens with zero attached hydrogens (tertiary/aromatic N) is 2. The van der Waals surface area contributed by atoms with Crippen LogP contribution in [0.3, 0.4) is 0 Å². The lowest BCUT2D eigenvalue weighted by atomic mass is 10.1. The molecule has 1 aromatic carbocycles. The number of halogens is 6. The van der Waals surface area contributed by atoms with Crippen molar-refractivity contribution in [3.8, 4) is 11.1 Å². The summed E-state index contributed by atoms with van der Waals surface area (Å²) in [7, 11) is 0. The maximum Gasteiger partial charge on any atom is 0.490 e. The van der Waals surface area contributed by atoms with Crippen molar-refractivity contribution in [1.82, 2.24) is 15.0 Å². The average Bonchev–Trinajstić information content (AvgIpc) is 3.30. The molecule has 0 aliphatic carbocycles. The number of carboxylic acid groups (broad SMARTS) is 2. The number of amides is 1. The highest BCUT2D eigenvalue weighted by molar-refractivity contribution is 7.20. The summed E-state index contributed by atoms with van der Waals surface area (Å²) in [5.41, 5.74) is 2.24. The van der Waals surface area contributed by atoms with Gasteiger partial charge in [0, 0.05) is 24.2 Å². The molecule has 4 aromatic rings. The molecule has 39 heavy (non-hydrogen) atoms. The van der Waals surface area contributed by atoms with Crippen molar-refractivity contribution >= 4 is 45.1 Å². The molecule has 0 bridgehead atoms. The second kappa shape index (κ2) is 12.6. The predicted octanol–water partition coefficient (Wildman–Crippen LogP) is 4.57. The Bertz CT molecular complexity index is 1460. The highest BCUT2D eigenvalue weighted by Gasteiger charge is 2.38. The van der Waals surface area contributed by atoms with Gasteiger partial charge in [0.15, 0.2) is 5.01 Å².